The molecule has 0 aliphatic carbocycles. The molecule has 2 N–H and O–H groups in total. The number of thiazole rings is 1. The van der Waals surface area contributed by atoms with Gasteiger partial charge in [0.2, 0.25) is 6.10 Å². The standard InChI is InChI=1S/C82H73N7O13S4/c1-94-45-47-96-53-98-66-44-43-60(49-67(66)99-54-97-48-46-95-2)75-86-87-81(106-75)105-51-61-50-103-77-69(76(91)89(77)70(61)78(92)100-71(55-27-11-3-12-28-55)56-29-13-4-14-30-56)84-74(90)68(88-102-73(59-35-19-7-20-36-59)79(93)101-72(57-31-15-5-16-32-57)58-33-17-6-18-34-58)65-52-104-80(83-65)85-82(62-37-21-8-22-38-62,63-39-23-9-24-40-63)64-41-25-10-26-42-64/h3-44,49,52,69,71-73,77H,45-48,50-51,53-54H2,1-2H3,(H,83,85)(H,84,90)/t69-,73?,77+/m1/s1. The van der Waals surface area contributed by atoms with Gasteiger partial charge in [0, 0.05) is 42.2 Å². The molecular formula is C82H73N7O13S4. The van der Waals surface area contributed by atoms with Gasteiger partial charge in [-0.25, -0.2) is 14.6 Å². The molecule has 1 fully saturated rings. The molecule has 2 aromatic heterocycles. The molecule has 13 rings (SSSR count). The summed E-state index contributed by atoms with van der Waals surface area (Å²) in [5.74, 6) is -1.78. The van der Waals surface area contributed by atoms with Crippen LogP contribution in [0, 0.1) is 0 Å². The van der Waals surface area contributed by atoms with E-state index in [1.165, 1.54) is 51.1 Å². The van der Waals surface area contributed by atoms with Crippen molar-refractivity contribution in [1.29, 1.82) is 0 Å². The molecule has 2 aliphatic rings. The van der Waals surface area contributed by atoms with Gasteiger partial charge in [0.25, 0.3) is 11.8 Å². The number of aromatic nitrogens is 3. The number of carbonyl (C=O) groups is 4. The van der Waals surface area contributed by atoms with Gasteiger partial charge in [-0.3, -0.25) is 14.5 Å². The van der Waals surface area contributed by atoms with Gasteiger partial charge in [-0.2, -0.15) is 0 Å². The second-order valence-corrected chi connectivity index (χ2v) is 28.2. The summed E-state index contributed by atoms with van der Waals surface area (Å²) in [4.78, 5) is 74.3. The summed E-state index contributed by atoms with van der Waals surface area (Å²) in [6, 6.07) is 80.3. The van der Waals surface area contributed by atoms with Crippen molar-refractivity contribution in [2.75, 3.05) is 71.1 Å². The monoisotopic (exact) mass is 1490 g/mol. The molecule has 1 unspecified atom stereocenters. The topological polar surface area (TPSA) is 230 Å². The summed E-state index contributed by atoms with van der Waals surface area (Å²) >= 11 is 5.26. The maximum absolute atomic E-state index is 15.7. The number of hydrogen-bond acceptors (Lipinski definition) is 22. The van der Waals surface area contributed by atoms with E-state index in [2.05, 4.69) is 26.0 Å². The molecule has 2 aliphatic heterocycles. The number of carbonyl (C=O) groups excluding carboxylic acids is 4. The van der Waals surface area contributed by atoms with E-state index in [1.807, 2.05) is 218 Å². The van der Waals surface area contributed by atoms with Gasteiger partial charge >= 0.3 is 11.9 Å². The predicted octanol–water partition coefficient (Wildman–Crippen LogP) is 14.6. The Morgan fingerprint density at radius 2 is 1.08 bits per heavy atom. The molecule has 1 saturated heterocycles. The summed E-state index contributed by atoms with van der Waals surface area (Å²) in [7, 11) is 3.18. The molecule has 24 heteroatoms. The highest BCUT2D eigenvalue weighted by Gasteiger charge is 2.55. The summed E-state index contributed by atoms with van der Waals surface area (Å²) in [6.45, 7) is 1.32. The normalized spacial score (nSPS) is 14.6. The summed E-state index contributed by atoms with van der Waals surface area (Å²) in [5.41, 5.74) is 5.90. The molecule has 538 valence electrons. The lowest BCUT2D eigenvalue weighted by Crippen LogP contribution is -2.71. The second kappa shape index (κ2) is 36.3. The Morgan fingerprint density at radius 3 is 1.60 bits per heavy atom. The number of fused-ring (bicyclic) bond motifs is 1. The van der Waals surface area contributed by atoms with Gasteiger partial charge in [-0.15, -0.1) is 33.3 Å². The van der Waals surface area contributed by atoms with E-state index in [0.29, 0.717) is 91.4 Å². The number of β-lactam (4-membered cyclic amide) rings is 1. The van der Waals surface area contributed by atoms with Crippen LogP contribution in [0.4, 0.5) is 5.13 Å². The van der Waals surface area contributed by atoms with Crippen molar-refractivity contribution in [3.05, 3.63) is 328 Å². The fourth-order valence-electron chi connectivity index (χ4n) is 12.1. The van der Waals surface area contributed by atoms with E-state index in [0.717, 1.165) is 16.7 Å². The molecule has 11 aromatic rings. The minimum atomic E-state index is -1.53. The van der Waals surface area contributed by atoms with Crippen molar-refractivity contribution in [1.82, 2.24) is 25.4 Å². The zero-order valence-electron chi connectivity index (χ0n) is 57.6. The van der Waals surface area contributed by atoms with Crippen LogP contribution in [0.25, 0.3) is 10.6 Å². The Bertz CT molecular complexity index is 4590. The van der Waals surface area contributed by atoms with Crippen LogP contribution in [-0.2, 0) is 58.0 Å². The summed E-state index contributed by atoms with van der Waals surface area (Å²) in [6.07, 6.45) is -3.26. The predicted molar refractivity (Wildman–Crippen MR) is 408 cm³/mol. The Morgan fingerprint density at radius 1 is 0.594 bits per heavy atom. The lowest BCUT2D eigenvalue weighted by atomic mass is 9.77. The first-order valence-corrected chi connectivity index (χ1v) is 37.7. The Kier molecular flexibility index (Phi) is 25.2. The van der Waals surface area contributed by atoms with E-state index in [1.54, 1.807) is 62.1 Å². The van der Waals surface area contributed by atoms with Crippen molar-refractivity contribution in [3.63, 3.8) is 0 Å². The number of nitrogens with zero attached hydrogens (tertiary/aromatic N) is 5. The van der Waals surface area contributed by atoms with Crippen molar-refractivity contribution in [2.24, 2.45) is 5.16 Å². The number of rotatable bonds is 35. The number of esters is 2. The van der Waals surface area contributed by atoms with Crippen LogP contribution in [0.1, 0.15) is 68.5 Å². The first kappa shape index (κ1) is 73.5. The highest BCUT2D eigenvalue weighted by molar-refractivity contribution is 8.02. The largest absolute Gasteiger partial charge is 0.464 e. The molecular weight excluding hydrogens is 1420 g/mol. The molecule has 2 amide bonds. The number of anilines is 1. The molecule has 0 spiro atoms. The third kappa shape index (κ3) is 17.6. The van der Waals surface area contributed by atoms with Gasteiger partial charge in [0.1, 0.15) is 33.4 Å². The van der Waals surface area contributed by atoms with Crippen LogP contribution in [0.15, 0.2) is 287 Å². The van der Waals surface area contributed by atoms with Gasteiger partial charge in [0.05, 0.1) is 26.4 Å². The van der Waals surface area contributed by atoms with Crippen LogP contribution < -0.4 is 20.1 Å². The molecule has 106 heavy (non-hydrogen) atoms. The quantitative estimate of drug-likeness (QED) is 0.00550. The molecule has 4 heterocycles. The first-order valence-electron chi connectivity index (χ1n) is 33.9. The van der Waals surface area contributed by atoms with Gasteiger partial charge in [0.15, 0.2) is 52.5 Å². The highest BCUT2D eigenvalue weighted by Crippen LogP contribution is 2.45. The molecule has 20 nitrogen and oxygen atoms in total. The maximum Gasteiger partial charge on any atom is 0.356 e. The SMILES string of the molecule is COCCOCOc1ccc(-c2nnc(SCC3=C(C(=O)OC(c4ccccc4)c4ccccc4)N4C(=O)[C@@H](NC(=O)C(=NOC(C(=O)OC(c5ccccc5)c5ccccc5)c5ccccc5)c5csc(NC(c6ccccc6)(c6ccccc6)c6ccccc6)n5)[C@@H]4SC3)s2)cc1OCOCCOC. The average molecular weight is 1490 g/mol. The van der Waals surface area contributed by atoms with Crippen molar-refractivity contribution in [2.45, 2.75) is 39.6 Å². The fraction of sp³-hybridized carbons (Fsp3) is 0.195. The van der Waals surface area contributed by atoms with Crippen molar-refractivity contribution in [3.8, 4) is 22.1 Å². The third-order valence-corrected chi connectivity index (χ3v) is 21.6. The Balaban J connectivity index is 0.829. The first-order chi connectivity index (χ1) is 52.2. The second-order valence-electron chi connectivity index (χ2n) is 24.1. The minimum absolute atomic E-state index is 0.0318. The fourth-order valence-corrected chi connectivity index (χ4v) is 16.2. The Labute approximate surface area is 629 Å². The van der Waals surface area contributed by atoms with Crippen LogP contribution in [0.2, 0.25) is 0 Å². The highest BCUT2D eigenvalue weighted by atomic mass is 32.2. The van der Waals surface area contributed by atoms with E-state index in [-0.39, 0.29) is 42.2 Å². The van der Waals surface area contributed by atoms with Crippen LogP contribution in [0.5, 0.6) is 11.5 Å². The van der Waals surface area contributed by atoms with Gasteiger partial charge < -0.3 is 53.4 Å². The van der Waals surface area contributed by atoms with Crippen molar-refractivity contribution < 1.29 is 61.9 Å². The lowest BCUT2D eigenvalue weighted by molar-refractivity contribution is -0.162. The number of hydrogen-bond donors (Lipinski definition) is 2. The molecule has 0 bridgehead atoms. The third-order valence-electron chi connectivity index (χ3n) is 17.3. The number of amides is 2. The van der Waals surface area contributed by atoms with E-state index >= 15 is 19.2 Å². The number of thioether (sulfide) groups is 2. The van der Waals surface area contributed by atoms with Gasteiger partial charge in [-0.1, -0.05) is 271 Å². The Hall–Kier alpha value is -10.8. The zero-order chi connectivity index (χ0) is 72.9. The number of ether oxygens (including phenoxy) is 8. The number of methoxy groups -OCH3 is 2. The number of oxime groups is 1. The molecule has 0 saturated carbocycles. The zero-order valence-corrected chi connectivity index (χ0v) is 60.9. The maximum atomic E-state index is 15.7. The average Bonchev–Trinajstić information content (AvgIpc) is 0.824. The van der Waals surface area contributed by atoms with E-state index < -0.39 is 59.0 Å². The van der Waals surface area contributed by atoms with E-state index in [9.17, 15) is 0 Å². The van der Waals surface area contributed by atoms with Crippen LogP contribution in [0.3, 0.4) is 0 Å². The number of nitrogens with one attached hydrogen (secondary N) is 2. The van der Waals surface area contributed by atoms with Crippen LogP contribution >= 0.6 is 46.2 Å². The summed E-state index contributed by atoms with van der Waals surface area (Å²) < 4.78 is 46.9. The lowest BCUT2D eigenvalue weighted by Gasteiger charge is -2.49. The van der Waals surface area contributed by atoms with E-state index in [4.69, 9.17) is 47.7 Å². The van der Waals surface area contributed by atoms with Crippen molar-refractivity contribution >= 4 is 80.8 Å². The number of benzene rings is 9. The minimum Gasteiger partial charge on any atom is -0.464 e. The van der Waals surface area contributed by atoms with Gasteiger partial charge in [-0.05, 0) is 62.7 Å². The molecule has 9 aromatic carbocycles. The summed E-state index contributed by atoms with van der Waals surface area (Å²) in [5, 5.41) is 22.3. The molecule has 0 radical (unpaired) electrons. The smallest absolute Gasteiger partial charge is 0.356 e. The molecule has 3 atom stereocenters. The van der Waals surface area contributed by atoms with Crippen LogP contribution in [-0.4, -0.2) is 127 Å².